The first kappa shape index (κ1) is 12.5. The smallest absolute Gasteiger partial charge is 0.0711 e. The first-order chi connectivity index (χ1) is 6.59. The van der Waals surface area contributed by atoms with Gasteiger partial charge in [-0.05, 0) is 18.3 Å². The van der Waals surface area contributed by atoms with E-state index in [4.69, 9.17) is 0 Å². The predicted octanol–water partition coefficient (Wildman–Crippen LogP) is -0.554. The van der Waals surface area contributed by atoms with Crippen LogP contribution in [0.15, 0.2) is 0 Å². The number of halogens is 1. The van der Waals surface area contributed by atoms with Gasteiger partial charge in [-0.15, -0.1) is 0 Å². The van der Waals surface area contributed by atoms with Gasteiger partial charge in [0.1, 0.15) is 0 Å². The minimum Gasteiger partial charge on any atom is -0.550 e. The molecule has 4 nitrogen and oxygen atoms in total. The van der Waals surface area contributed by atoms with Crippen LogP contribution < -0.4 is 10.2 Å². The summed E-state index contributed by atoms with van der Waals surface area (Å²) in [6, 6.07) is 0. The van der Waals surface area contributed by atoms with Gasteiger partial charge in [-0.25, -0.2) is 0 Å². The van der Waals surface area contributed by atoms with Crippen molar-refractivity contribution in [1.29, 1.82) is 0 Å². The predicted molar refractivity (Wildman–Crippen MR) is 52.8 cm³/mol. The van der Waals surface area contributed by atoms with E-state index >= 15 is 0 Å². The second kappa shape index (κ2) is 3.20. The second-order valence-corrected chi connectivity index (χ2v) is 6.19. The zero-order valence-electron chi connectivity index (χ0n) is 8.93. The molecule has 1 aliphatic rings. The van der Waals surface area contributed by atoms with Crippen molar-refractivity contribution in [2.45, 2.75) is 37.9 Å². The Morgan fingerprint density at radius 3 is 1.73 bits per heavy atom. The van der Waals surface area contributed by atoms with Crippen LogP contribution in [0.4, 0.5) is 0 Å². The lowest BCUT2D eigenvalue weighted by Crippen LogP contribution is -2.57. The van der Waals surface area contributed by atoms with Crippen molar-refractivity contribution >= 4 is 27.9 Å². The molecule has 0 aromatic rings. The quantitative estimate of drug-likeness (QED) is 0.634. The zero-order chi connectivity index (χ0) is 12.1. The zero-order valence-corrected chi connectivity index (χ0v) is 10.5. The molecule has 2 atom stereocenters. The number of carbonyl (C=O) groups excluding carboxylic acids is 2. The third-order valence-electron chi connectivity index (χ3n) is 4.11. The molecule has 0 amide bonds. The van der Waals surface area contributed by atoms with Crippen molar-refractivity contribution in [2.75, 3.05) is 0 Å². The molecular formula is C10H13BrO4-2. The lowest BCUT2D eigenvalue weighted by atomic mass is 9.65. The summed E-state index contributed by atoms with van der Waals surface area (Å²) in [4.78, 5) is 22.2. The van der Waals surface area contributed by atoms with Crippen molar-refractivity contribution in [2.24, 2.45) is 10.8 Å². The van der Waals surface area contributed by atoms with Crippen LogP contribution in [0.3, 0.4) is 0 Å². The molecule has 86 valence electrons. The fourth-order valence-corrected chi connectivity index (χ4v) is 2.83. The maximum Gasteiger partial charge on any atom is 0.0711 e. The Hall–Kier alpha value is -0.580. The van der Waals surface area contributed by atoms with E-state index in [2.05, 4.69) is 15.9 Å². The van der Waals surface area contributed by atoms with Gasteiger partial charge < -0.3 is 19.8 Å². The van der Waals surface area contributed by atoms with E-state index in [9.17, 15) is 19.8 Å². The number of hydrogen-bond acceptors (Lipinski definition) is 4. The van der Waals surface area contributed by atoms with Gasteiger partial charge in [-0.1, -0.05) is 36.7 Å². The summed E-state index contributed by atoms with van der Waals surface area (Å²) in [5.74, 6) is -2.48. The third-order valence-corrected chi connectivity index (χ3v) is 5.83. The van der Waals surface area contributed by atoms with Gasteiger partial charge in [0.15, 0.2) is 0 Å². The fraction of sp³-hybridized carbons (Fsp3) is 0.800. The molecule has 0 N–H and O–H groups in total. The molecule has 0 aromatic carbocycles. The number of carbonyl (C=O) groups is 2. The van der Waals surface area contributed by atoms with Gasteiger partial charge in [-0.3, -0.25) is 0 Å². The monoisotopic (exact) mass is 276 g/mol. The highest BCUT2D eigenvalue weighted by atomic mass is 79.9. The summed E-state index contributed by atoms with van der Waals surface area (Å²) in [6.07, 6.45) is 0.494. The first-order valence-electron chi connectivity index (χ1n) is 4.71. The Bertz CT molecular complexity index is 295. The van der Waals surface area contributed by atoms with Crippen LogP contribution in [0.1, 0.15) is 33.6 Å². The molecule has 0 aliphatic heterocycles. The summed E-state index contributed by atoms with van der Waals surface area (Å²) in [6.45, 7) is 4.75. The number of hydrogen-bond donors (Lipinski definition) is 0. The van der Waals surface area contributed by atoms with Gasteiger partial charge >= 0.3 is 0 Å². The molecule has 0 unspecified atom stereocenters. The SMILES string of the molecule is CC1(C)[C@](C)(C(=O)[O-])CC[C@]1(Br)C(=O)[O-]. The summed E-state index contributed by atoms with van der Waals surface area (Å²) in [7, 11) is 0. The molecule has 1 saturated carbocycles. The number of rotatable bonds is 2. The molecular weight excluding hydrogens is 264 g/mol. The number of carboxylic acid groups (broad SMARTS) is 2. The molecule has 5 heteroatoms. The van der Waals surface area contributed by atoms with Crippen LogP contribution >= 0.6 is 15.9 Å². The second-order valence-electron chi connectivity index (χ2n) is 4.83. The van der Waals surface area contributed by atoms with E-state index in [1.54, 1.807) is 13.8 Å². The van der Waals surface area contributed by atoms with E-state index < -0.39 is 27.1 Å². The van der Waals surface area contributed by atoms with E-state index in [0.29, 0.717) is 0 Å². The van der Waals surface area contributed by atoms with Gasteiger partial charge in [0, 0.05) is 11.4 Å². The van der Waals surface area contributed by atoms with Gasteiger partial charge in [0.05, 0.1) is 10.3 Å². The minimum absolute atomic E-state index is 0.229. The van der Waals surface area contributed by atoms with Crippen LogP contribution in [0.5, 0.6) is 0 Å². The largest absolute Gasteiger partial charge is 0.550 e. The topological polar surface area (TPSA) is 80.3 Å². The Labute approximate surface area is 96.8 Å². The van der Waals surface area contributed by atoms with E-state index in [0.717, 1.165) is 0 Å². The standard InChI is InChI=1S/C10H15BrO4/c1-8(2)9(3,6(12)13)4-5-10(8,11)7(14)15/h4-5H2,1-3H3,(H,12,13)(H,14,15)/p-2/t9-,10-/m0/s1. The maximum absolute atomic E-state index is 11.1. The molecule has 0 spiro atoms. The molecule has 0 radical (unpaired) electrons. The molecule has 0 bridgehead atoms. The van der Waals surface area contributed by atoms with Gasteiger partial charge in [-0.2, -0.15) is 0 Å². The Balaban J connectivity index is 3.26. The molecule has 0 heterocycles. The summed E-state index contributed by atoms with van der Waals surface area (Å²) >= 11 is 3.12. The summed E-state index contributed by atoms with van der Waals surface area (Å²) in [5, 5.41) is 22.2. The average molecular weight is 277 g/mol. The molecule has 0 saturated heterocycles. The molecule has 1 rings (SSSR count). The van der Waals surface area contributed by atoms with Crippen LogP contribution in [0.2, 0.25) is 0 Å². The molecule has 1 aliphatic carbocycles. The molecule has 1 fully saturated rings. The van der Waals surface area contributed by atoms with Crippen LogP contribution in [0.25, 0.3) is 0 Å². The van der Waals surface area contributed by atoms with E-state index in [-0.39, 0.29) is 12.8 Å². The van der Waals surface area contributed by atoms with Crippen molar-refractivity contribution < 1.29 is 19.8 Å². The van der Waals surface area contributed by atoms with Crippen LogP contribution in [-0.2, 0) is 9.59 Å². The van der Waals surface area contributed by atoms with Gasteiger partial charge in [0.2, 0.25) is 0 Å². The van der Waals surface area contributed by atoms with E-state index in [1.165, 1.54) is 6.92 Å². The number of carboxylic acids is 2. The van der Waals surface area contributed by atoms with Crippen molar-refractivity contribution in [1.82, 2.24) is 0 Å². The van der Waals surface area contributed by atoms with Gasteiger partial charge in [0.25, 0.3) is 0 Å². The highest BCUT2D eigenvalue weighted by Crippen LogP contribution is 2.61. The van der Waals surface area contributed by atoms with Crippen molar-refractivity contribution in [3.8, 4) is 0 Å². The molecule has 15 heavy (non-hydrogen) atoms. The first-order valence-corrected chi connectivity index (χ1v) is 5.51. The lowest BCUT2D eigenvalue weighted by molar-refractivity contribution is -0.325. The van der Waals surface area contributed by atoms with E-state index in [1.807, 2.05) is 0 Å². The fourth-order valence-electron chi connectivity index (χ4n) is 2.20. The minimum atomic E-state index is -1.30. The highest BCUT2D eigenvalue weighted by molar-refractivity contribution is 9.10. The maximum atomic E-state index is 11.1. The summed E-state index contributed by atoms with van der Waals surface area (Å²) < 4.78 is -1.30. The van der Waals surface area contributed by atoms with Crippen LogP contribution in [0, 0.1) is 10.8 Å². The highest BCUT2D eigenvalue weighted by Gasteiger charge is 2.60. The number of alkyl halides is 1. The van der Waals surface area contributed by atoms with Crippen molar-refractivity contribution in [3.63, 3.8) is 0 Å². The Morgan fingerprint density at radius 2 is 1.53 bits per heavy atom. The third kappa shape index (κ3) is 1.32. The Morgan fingerprint density at radius 1 is 1.07 bits per heavy atom. The number of aliphatic carboxylic acids is 2. The molecule has 0 aromatic heterocycles. The van der Waals surface area contributed by atoms with Crippen LogP contribution in [-0.4, -0.2) is 16.3 Å². The lowest BCUT2D eigenvalue weighted by Gasteiger charge is -2.47. The average Bonchev–Trinajstić information content (AvgIpc) is 2.28. The summed E-state index contributed by atoms with van der Waals surface area (Å²) in [5.41, 5.74) is -2.12. The normalized spacial score (nSPS) is 38.9. The Kier molecular flexibility index (Phi) is 2.67. The van der Waals surface area contributed by atoms with Crippen molar-refractivity contribution in [3.05, 3.63) is 0 Å².